The van der Waals surface area contributed by atoms with Crippen LogP contribution in [0.1, 0.15) is 29.4 Å². The molecule has 1 aromatic rings. The maximum absolute atomic E-state index is 12.3. The molecule has 1 aromatic heterocycles. The lowest BCUT2D eigenvalue weighted by molar-refractivity contribution is -0.133. The number of halogens is 1. The van der Waals surface area contributed by atoms with Crippen molar-refractivity contribution < 1.29 is 9.59 Å². The van der Waals surface area contributed by atoms with E-state index in [1.54, 1.807) is 13.1 Å². The van der Waals surface area contributed by atoms with Crippen LogP contribution in [0.5, 0.6) is 0 Å². The second kappa shape index (κ2) is 7.57. The predicted octanol–water partition coefficient (Wildman–Crippen LogP) is 2.17. The second-order valence-corrected chi connectivity index (χ2v) is 8.31. The van der Waals surface area contributed by atoms with E-state index in [0.29, 0.717) is 10.8 Å². The fourth-order valence-electron chi connectivity index (χ4n) is 2.67. The van der Waals surface area contributed by atoms with Crippen LogP contribution in [0.25, 0.3) is 0 Å². The highest BCUT2D eigenvalue weighted by Crippen LogP contribution is 2.23. The van der Waals surface area contributed by atoms with Crippen molar-refractivity contribution in [3.63, 3.8) is 0 Å². The van der Waals surface area contributed by atoms with E-state index in [1.165, 1.54) is 16.2 Å². The van der Waals surface area contributed by atoms with Gasteiger partial charge in [-0.15, -0.1) is 11.3 Å². The van der Waals surface area contributed by atoms with Crippen molar-refractivity contribution in [2.24, 2.45) is 11.7 Å². The molecule has 2 amide bonds. The molecular weight excluding hydrogens is 366 g/mol. The summed E-state index contributed by atoms with van der Waals surface area (Å²) in [5.41, 5.74) is 5.92. The van der Waals surface area contributed by atoms with Crippen molar-refractivity contribution in [2.75, 3.05) is 26.7 Å². The summed E-state index contributed by atoms with van der Waals surface area (Å²) in [6, 6.07) is 3.79. The third-order valence-electron chi connectivity index (χ3n) is 4.14. The summed E-state index contributed by atoms with van der Waals surface area (Å²) >= 11 is 4.72. The fraction of sp³-hybridized carbons (Fsp3) is 0.600. The summed E-state index contributed by atoms with van der Waals surface area (Å²) < 4.78 is 0.911. The van der Waals surface area contributed by atoms with Gasteiger partial charge < -0.3 is 15.5 Å². The van der Waals surface area contributed by atoms with Crippen molar-refractivity contribution in [2.45, 2.75) is 25.8 Å². The Morgan fingerprint density at radius 3 is 2.59 bits per heavy atom. The monoisotopic (exact) mass is 387 g/mol. The molecule has 2 N–H and O–H groups in total. The van der Waals surface area contributed by atoms with Crippen LogP contribution in [0, 0.1) is 5.92 Å². The highest BCUT2D eigenvalue weighted by Gasteiger charge is 2.26. The lowest BCUT2D eigenvalue weighted by Crippen LogP contribution is -2.46. The third-order valence-corrected chi connectivity index (χ3v) is 5.75. The summed E-state index contributed by atoms with van der Waals surface area (Å²) in [4.78, 5) is 28.5. The minimum absolute atomic E-state index is 0.00889. The predicted molar refractivity (Wildman–Crippen MR) is 91.9 cm³/mol. The smallest absolute Gasteiger partial charge is 0.264 e. The van der Waals surface area contributed by atoms with Crippen molar-refractivity contribution >= 4 is 39.1 Å². The molecule has 1 atom stereocenters. The number of hydrogen-bond acceptors (Lipinski definition) is 4. The van der Waals surface area contributed by atoms with Crippen LogP contribution < -0.4 is 5.73 Å². The van der Waals surface area contributed by atoms with Gasteiger partial charge in [-0.3, -0.25) is 9.59 Å². The molecule has 2 heterocycles. The van der Waals surface area contributed by atoms with E-state index in [4.69, 9.17) is 5.73 Å². The number of rotatable bonds is 4. The minimum Gasteiger partial charge on any atom is -0.341 e. The van der Waals surface area contributed by atoms with E-state index in [0.717, 1.165) is 29.7 Å². The Bertz CT molecular complexity index is 539. The molecule has 5 nitrogen and oxygen atoms in total. The van der Waals surface area contributed by atoms with E-state index in [-0.39, 0.29) is 24.4 Å². The van der Waals surface area contributed by atoms with Gasteiger partial charge in [-0.25, -0.2) is 0 Å². The van der Waals surface area contributed by atoms with Crippen LogP contribution in [0.2, 0.25) is 0 Å². The van der Waals surface area contributed by atoms with Crippen LogP contribution >= 0.6 is 27.3 Å². The first-order chi connectivity index (χ1) is 10.4. The Hall–Kier alpha value is -0.920. The fourth-order valence-corrected chi connectivity index (χ4v) is 4.05. The highest BCUT2D eigenvalue weighted by molar-refractivity contribution is 9.11. The molecule has 1 fully saturated rings. The lowest BCUT2D eigenvalue weighted by Gasteiger charge is -2.34. The molecule has 1 aliphatic heterocycles. The first kappa shape index (κ1) is 17.4. The second-order valence-electron chi connectivity index (χ2n) is 5.84. The number of carbonyl (C=O) groups is 2. The van der Waals surface area contributed by atoms with E-state index >= 15 is 0 Å². The number of likely N-dealkylation sites (tertiary alicyclic amines) is 1. The van der Waals surface area contributed by atoms with Gasteiger partial charge in [0.15, 0.2) is 0 Å². The van der Waals surface area contributed by atoms with Gasteiger partial charge in [0.1, 0.15) is 0 Å². The maximum atomic E-state index is 12.3. The number of hydrogen-bond donors (Lipinski definition) is 1. The molecule has 0 radical (unpaired) electrons. The Morgan fingerprint density at radius 2 is 2.09 bits per heavy atom. The molecule has 22 heavy (non-hydrogen) atoms. The number of thiophene rings is 1. The average Bonchev–Trinajstić information content (AvgIpc) is 2.92. The van der Waals surface area contributed by atoms with E-state index < -0.39 is 0 Å². The molecule has 2 rings (SSSR count). The quantitative estimate of drug-likeness (QED) is 0.860. The lowest BCUT2D eigenvalue weighted by atomic mass is 9.91. The van der Waals surface area contributed by atoms with Gasteiger partial charge >= 0.3 is 0 Å². The molecular formula is C15H22BrN3O2S. The average molecular weight is 388 g/mol. The third kappa shape index (κ3) is 4.30. The number of carbonyl (C=O) groups excluding carboxylic acids is 2. The van der Waals surface area contributed by atoms with E-state index in [1.807, 2.05) is 17.9 Å². The molecule has 0 aliphatic carbocycles. The standard InChI is InChI=1S/C15H22BrN3O2S/c1-10(17)11-5-7-19(8-6-11)14(20)9-18(2)15(21)12-3-4-13(16)22-12/h3-4,10-11H,5-9,17H2,1-2H3. The molecule has 1 unspecified atom stereocenters. The van der Waals surface area contributed by atoms with Gasteiger partial charge in [0.25, 0.3) is 5.91 Å². The summed E-state index contributed by atoms with van der Waals surface area (Å²) in [6.45, 7) is 3.61. The molecule has 0 spiro atoms. The Morgan fingerprint density at radius 1 is 1.45 bits per heavy atom. The molecule has 122 valence electrons. The molecule has 0 aromatic carbocycles. The molecule has 0 saturated carbocycles. The van der Waals surface area contributed by atoms with Gasteiger partial charge in [0.2, 0.25) is 5.91 Å². The van der Waals surface area contributed by atoms with Crippen molar-refractivity contribution in [1.82, 2.24) is 9.80 Å². The van der Waals surface area contributed by atoms with Gasteiger partial charge in [0, 0.05) is 26.2 Å². The van der Waals surface area contributed by atoms with Crippen LogP contribution in [-0.2, 0) is 4.79 Å². The normalized spacial score (nSPS) is 17.4. The van der Waals surface area contributed by atoms with Gasteiger partial charge in [0.05, 0.1) is 15.2 Å². The molecule has 1 aliphatic rings. The zero-order valence-electron chi connectivity index (χ0n) is 12.9. The maximum Gasteiger partial charge on any atom is 0.264 e. The summed E-state index contributed by atoms with van der Waals surface area (Å²) in [5, 5.41) is 0. The highest BCUT2D eigenvalue weighted by atomic mass is 79.9. The van der Waals surface area contributed by atoms with Crippen LogP contribution in [0.15, 0.2) is 15.9 Å². The minimum atomic E-state index is -0.116. The number of likely N-dealkylation sites (N-methyl/N-ethyl adjacent to an activating group) is 1. The Labute approximate surface area is 143 Å². The Balaban J connectivity index is 1.85. The molecule has 1 saturated heterocycles. The number of nitrogens with two attached hydrogens (primary N) is 1. The topological polar surface area (TPSA) is 66.6 Å². The van der Waals surface area contributed by atoms with Crippen LogP contribution in [0.3, 0.4) is 0 Å². The van der Waals surface area contributed by atoms with Crippen LogP contribution in [-0.4, -0.2) is 54.3 Å². The first-order valence-corrected chi connectivity index (χ1v) is 9.03. The summed E-state index contributed by atoms with van der Waals surface area (Å²) in [7, 11) is 1.67. The first-order valence-electron chi connectivity index (χ1n) is 7.42. The van der Waals surface area contributed by atoms with E-state index in [9.17, 15) is 9.59 Å². The van der Waals surface area contributed by atoms with Gasteiger partial charge in [-0.2, -0.15) is 0 Å². The number of amides is 2. The van der Waals surface area contributed by atoms with Crippen molar-refractivity contribution in [3.05, 3.63) is 20.8 Å². The zero-order chi connectivity index (χ0) is 16.3. The summed E-state index contributed by atoms with van der Waals surface area (Å²) in [5.74, 6) is 0.385. The van der Waals surface area contributed by atoms with E-state index in [2.05, 4.69) is 15.9 Å². The number of piperidine rings is 1. The van der Waals surface area contributed by atoms with Crippen molar-refractivity contribution in [1.29, 1.82) is 0 Å². The molecule has 0 bridgehead atoms. The van der Waals surface area contributed by atoms with Crippen LogP contribution in [0.4, 0.5) is 0 Å². The SMILES string of the molecule is CC(N)C1CCN(C(=O)CN(C)C(=O)c2ccc(Br)s2)CC1. The summed E-state index contributed by atoms with van der Waals surface area (Å²) in [6.07, 6.45) is 1.89. The molecule has 7 heteroatoms. The van der Waals surface area contributed by atoms with Crippen molar-refractivity contribution in [3.8, 4) is 0 Å². The number of nitrogens with zero attached hydrogens (tertiary/aromatic N) is 2. The Kier molecular flexibility index (Phi) is 6.00. The van der Waals surface area contributed by atoms with Gasteiger partial charge in [-0.05, 0) is 53.7 Å². The largest absolute Gasteiger partial charge is 0.341 e. The zero-order valence-corrected chi connectivity index (χ0v) is 15.3. The van der Waals surface area contributed by atoms with Gasteiger partial charge in [-0.1, -0.05) is 0 Å².